The summed E-state index contributed by atoms with van der Waals surface area (Å²) in [5, 5.41) is 8.87. The molecule has 0 bridgehead atoms. The van der Waals surface area contributed by atoms with Crippen LogP contribution in [0.5, 0.6) is 5.75 Å². The molecule has 0 radical (unpaired) electrons. The molecule has 182 valence electrons. The number of halogens is 1. The molecule has 0 saturated carbocycles. The van der Waals surface area contributed by atoms with Crippen LogP contribution in [-0.4, -0.2) is 39.1 Å². The Bertz CT molecular complexity index is 1380. The number of methoxy groups -OCH3 is 1. The average Bonchev–Trinajstić information content (AvgIpc) is 2.84. The van der Waals surface area contributed by atoms with Gasteiger partial charge in [-0.25, -0.2) is 8.42 Å². The van der Waals surface area contributed by atoms with Crippen LogP contribution < -0.4 is 20.7 Å². The summed E-state index contributed by atoms with van der Waals surface area (Å²) >= 11 is 6.08. The molecule has 1 unspecified atom stereocenters. The van der Waals surface area contributed by atoms with Gasteiger partial charge < -0.3 is 20.7 Å². The number of hydrogen-bond donors (Lipinski definition) is 3. The highest BCUT2D eigenvalue weighted by Crippen LogP contribution is 2.29. The second kappa shape index (κ2) is 10.4. The number of benzene rings is 3. The Balaban J connectivity index is 1.41. The molecule has 0 fully saturated rings. The van der Waals surface area contributed by atoms with Gasteiger partial charge in [0.2, 0.25) is 5.91 Å². The van der Waals surface area contributed by atoms with E-state index in [0.717, 1.165) is 5.56 Å². The van der Waals surface area contributed by atoms with Crippen LogP contribution in [0.1, 0.15) is 21.5 Å². The number of rotatable bonds is 8. The molecule has 3 aromatic rings. The van der Waals surface area contributed by atoms with E-state index >= 15 is 0 Å². The quantitative estimate of drug-likeness (QED) is 0.424. The van der Waals surface area contributed by atoms with Crippen molar-refractivity contribution < 1.29 is 22.7 Å². The van der Waals surface area contributed by atoms with Gasteiger partial charge >= 0.3 is 0 Å². The lowest BCUT2D eigenvalue weighted by atomic mass is 10.1. The van der Waals surface area contributed by atoms with E-state index in [1.54, 1.807) is 49.6 Å². The van der Waals surface area contributed by atoms with E-state index in [9.17, 15) is 18.0 Å². The third-order valence-electron chi connectivity index (χ3n) is 5.53. The van der Waals surface area contributed by atoms with Gasteiger partial charge in [0.05, 0.1) is 30.0 Å². The smallest absolute Gasteiger partial charge is 0.251 e. The molecule has 0 aromatic heterocycles. The molecule has 8 nitrogen and oxygen atoms in total. The van der Waals surface area contributed by atoms with Crippen LogP contribution in [0.3, 0.4) is 0 Å². The second-order valence-corrected chi connectivity index (χ2v) is 10.6. The van der Waals surface area contributed by atoms with E-state index in [0.29, 0.717) is 39.8 Å². The number of hydrogen-bond acceptors (Lipinski definition) is 6. The van der Waals surface area contributed by atoms with E-state index in [1.807, 2.05) is 24.3 Å². The van der Waals surface area contributed by atoms with Gasteiger partial charge in [0, 0.05) is 17.1 Å². The minimum atomic E-state index is -3.63. The van der Waals surface area contributed by atoms with Gasteiger partial charge in [-0.1, -0.05) is 41.9 Å². The fraction of sp³-hybridized carbons (Fsp3) is 0.200. The van der Waals surface area contributed by atoms with Crippen LogP contribution >= 0.6 is 11.6 Å². The zero-order valence-electron chi connectivity index (χ0n) is 18.9. The monoisotopic (exact) mass is 513 g/mol. The Kier molecular flexibility index (Phi) is 7.28. The second-order valence-electron chi connectivity index (χ2n) is 8.13. The molecule has 10 heteroatoms. The highest BCUT2D eigenvalue weighted by Gasteiger charge is 2.31. The molecule has 0 spiro atoms. The zero-order valence-corrected chi connectivity index (χ0v) is 20.4. The number of anilines is 2. The topological polar surface area (TPSA) is 114 Å². The number of carbonyl (C=O) groups is 2. The fourth-order valence-corrected chi connectivity index (χ4v) is 5.61. The Morgan fingerprint density at radius 3 is 2.63 bits per heavy atom. The first-order chi connectivity index (χ1) is 16.7. The molecule has 4 rings (SSSR count). The Morgan fingerprint density at radius 2 is 1.86 bits per heavy atom. The van der Waals surface area contributed by atoms with E-state index in [4.69, 9.17) is 16.3 Å². The molecule has 1 atom stereocenters. The molecule has 1 aliphatic rings. The number of fused-ring (bicyclic) bond motifs is 1. The maximum Gasteiger partial charge on any atom is 0.251 e. The first-order valence-corrected chi connectivity index (χ1v) is 13.0. The lowest BCUT2D eigenvalue weighted by Gasteiger charge is -2.27. The maximum absolute atomic E-state index is 12.7. The average molecular weight is 514 g/mol. The maximum atomic E-state index is 12.7. The Hall–Kier alpha value is -3.56. The van der Waals surface area contributed by atoms with Crippen molar-refractivity contribution in [3.8, 4) is 5.75 Å². The third kappa shape index (κ3) is 6.12. The summed E-state index contributed by atoms with van der Waals surface area (Å²) in [7, 11) is -2.06. The third-order valence-corrected chi connectivity index (χ3v) is 7.49. The first-order valence-electron chi connectivity index (χ1n) is 10.8. The summed E-state index contributed by atoms with van der Waals surface area (Å²) in [6.07, 6.45) is 0. The molecular weight excluding hydrogens is 490 g/mol. The SMILES string of the molecule is COc1cccc(CNC(=O)c2ccc3c(c2)NC(=O)C(CS(=O)(=O)Cc2ccccc2Cl)N3)c1. The molecular formula is C25H24ClN3O5S. The van der Waals surface area contributed by atoms with Crippen molar-refractivity contribution in [3.05, 3.63) is 88.4 Å². The molecule has 3 N–H and O–H groups in total. The van der Waals surface area contributed by atoms with E-state index < -0.39 is 27.5 Å². The molecule has 2 amide bonds. The normalized spacial score (nSPS) is 14.9. The zero-order chi connectivity index (χ0) is 25.0. The van der Waals surface area contributed by atoms with Crippen molar-refractivity contribution in [1.29, 1.82) is 0 Å². The standard InChI is InChI=1S/C25H24ClN3O5S/c1-34-19-7-4-5-16(11-19)13-27-24(30)17-9-10-21-22(12-17)29-25(31)23(28-21)15-35(32,33)14-18-6-2-3-8-20(18)26/h2-12,23,28H,13-15H2,1H3,(H,27,30)(H,29,31). The summed E-state index contributed by atoms with van der Waals surface area (Å²) < 4.78 is 30.6. The molecule has 35 heavy (non-hydrogen) atoms. The fourth-order valence-electron chi connectivity index (χ4n) is 3.74. The highest BCUT2D eigenvalue weighted by atomic mass is 35.5. The van der Waals surface area contributed by atoms with Crippen LogP contribution in [0.15, 0.2) is 66.7 Å². The summed E-state index contributed by atoms with van der Waals surface area (Å²) in [6, 6.07) is 17.9. The van der Waals surface area contributed by atoms with Crippen LogP contribution in [0.25, 0.3) is 0 Å². The lowest BCUT2D eigenvalue weighted by Crippen LogP contribution is -2.43. The Labute approximate surface area is 208 Å². The van der Waals surface area contributed by atoms with Crippen LogP contribution in [-0.2, 0) is 26.9 Å². The van der Waals surface area contributed by atoms with Gasteiger partial charge in [-0.05, 0) is 47.5 Å². The van der Waals surface area contributed by atoms with Gasteiger partial charge in [-0.3, -0.25) is 9.59 Å². The summed E-state index contributed by atoms with van der Waals surface area (Å²) in [5.74, 6) is -0.768. The largest absolute Gasteiger partial charge is 0.497 e. The molecule has 1 aliphatic heterocycles. The van der Waals surface area contributed by atoms with Crippen molar-refractivity contribution in [1.82, 2.24) is 5.32 Å². The number of amides is 2. The molecule has 0 saturated heterocycles. The number of carbonyl (C=O) groups excluding carboxylic acids is 2. The molecule has 0 aliphatic carbocycles. The summed E-state index contributed by atoms with van der Waals surface area (Å²) in [5.41, 5.74) is 2.66. The van der Waals surface area contributed by atoms with Crippen molar-refractivity contribution >= 4 is 44.6 Å². The van der Waals surface area contributed by atoms with Crippen LogP contribution in [0, 0.1) is 0 Å². The number of sulfone groups is 1. The van der Waals surface area contributed by atoms with Crippen molar-refractivity contribution in [2.75, 3.05) is 23.5 Å². The minimum absolute atomic E-state index is 0.266. The van der Waals surface area contributed by atoms with Gasteiger partial charge in [0.25, 0.3) is 5.91 Å². The van der Waals surface area contributed by atoms with Crippen LogP contribution in [0.2, 0.25) is 5.02 Å². The van der Waals surface area contributed by atoms with Gasteiger partial charge in [0.1, 0.15) is 11.8 Å². The lowest BCUT2D eigenvalue weighted by molar-refractivity contribution is -0.116. The molecule has 1 heterocycles. The minimum Gasteiger partial charge on any atom is -0.497 e. The van der Waals surface area contributed by atoms with E-state index in [1.165, 1.54) is 0 Å². The number of ether oxygens (including phenoxy) is 1. The van der Waals surface area contributed by atoms with Crippen LogP contribution in [0.4, 0.5) is 11.4 Å². The number of nitrogens with one attached hydrogen (secondary N) is 3. The predicted octanol–water partition coefficient (Wildman–Crippen LogP) is 3.63. The first kappa shape index (κ1) is 24.6. The predicted molar refractivity (Wildman–Crippen MR) is 136 cm³/mol. The van der Waals surface area contributed by atoms with Crippen molar-refractivity contribution in [3.63, 3.8) is 0 Å². The summed E-state index contributed by atoms with van der Waals surface area (Å²) in [6.45, 7) is 0.309. The van der Waals surface area contributed by atoms with Crippen molar-refractivity contribution in [2.24, 2.45) is 0 Å². The van der Waals surface area contributed by atoms with E-state index in [2.05, 4.69) is 16.0 Å². The van der Waals surface area contributed by atoms with Gasteiger partial charge in [-0.15, -0.1) is 0 Å². The summed E-state index contributed by atoms with van der Waals surface area (Å²) in [4.78, 5) is 25.3. The highest BCUT2D eigenvalue weighted by molar-refractivity contribution is 7.90. The van der Waals surface area contributed by atoms with Gasteiger partial charge in [0.15, 0.2) is 9.84 Å². The molecule has 3 aromatic carbocycles. The van der Waals surface area contributed by atoms with Crippen molar-refractivity contribution in [2.45, 2.75) is 18.3 Å². The van der Waals surface area contributed by atoms with Gasteiger partial charge in [-0.2, -0.15) is 0 Å². The van der Waals surface area contributed by atoms with E-state index in [-0.39, 0.29) is 11.7 Å². The Morgan fingerprint density at radius 1 is 1.06 bits per heavy atom.